The van der Waals surface area contributed by atoms with E-state index < -0.39 is 0 Å². The molecule has 4 aromatic rings. The predicted molar refractivity (Wildman–Crippen MR) is 103 cm³/mol. The van der Waals surface area contributed by atoms with Gasteiger partial charge in [0, 0.05) is 21.0 Å². The summed E-state index contributed by atoms with van der Waals surface area (Å²) in [5, 5.41) is 4.60. The van der Waals surface area contributed by atoms with E-state index in [2.05, 4.69) is 24.3 Å². The molecule has 23 heavy (non-hydrogen) atoms. The molecular weight excluding hydrogens is 345 g/mol. The van der Waals surface area contributed by atoms with Gasteiger partial charge < -0.3 is 0 Å². The number of rotatable bonds is 2. The van der Waals surface area contributed by atoms with Gasteiger partial charge in [0.05, 0.1) is 10.2 Å². The average Bonchev–Trinajstić information content (AvgIpc) is 2.98. The summed E-state index contributed by atoms with van der Waals surface area (Å²) in [6.07, 6.45) is 3.89. The van der Waals surface area contributed by atoms with E-state index in [1.165, 1.54) is 15.5 Å². The van der Waals surface area contributed by atoms with Crippen LogP contribution in [0, 0.1) is 0 Å². The number of hydrogen-bond donors (Lipinski definition) is 0. The lowest BCUT2D eigenvalue weighted by atomic mass is 10.1. The summed E-state index contributed by atoms with van der Waals surface area (Å²) in [5.74, 6) is 0. The van der Waals surface area contributed by atoms with Crippen molar-refractivity contribution in [2.75, 3.05) is 0 Å². The SMILES string of the molecule is Clc1cccc(Cl)c1/C=C/c1nc2c(ccc3ccccc32)s1. The largest absolute Gasteiger partial charge is 0.236 e. The Balaban J connectivity index is 1.81. The van der Waals surface area contributed by atoms with Gasteiger partial charge in [0.15, 0.2) is 0 Å². The second-order valence-corrected chi connectivity index (χ2v) is 7.03. The molecule has 0 radical (unpaired) electrons. The van der Waals surface area contributed by atoms with Crippen molar-refractivity contribution in [3.63, 3.8) is 0 Å². The van der Waals surface area contributed by atoms with Crippen molar-refractivity contribution in [2.24, 2.45) is 0 Å². The van der Waals surface area contributed by atoms with Crippen LogP contribution in [0.1, 0.15) is 10.6 Å². The van der Waals surface area contributed by atoms with E-state index in [1.807, 2.05) is 42.5 Å². The Morgan fingerprint density at radius 2 is 1.61 bits per heavy atom. The van der Waals surface area contributed by atoms with Crippen LogP contribution >= 0.6 is 34.5 Å². The molecule has 0 aliphatic heterocycles. The third-order valence-corrected chi connectivity index (χ3v) is 5.34. The summed E-state index contributed by atoms with van der Waals surface area (Å²) in [4.78, 5) is 4.76. The summed E-state index contributed by atoms with van der Waals surface area (Å²) < 4.78 is 1.17. The fraction of sp³-hybridized carbons (Fsp3) is 0. The van der Waals surface area contributed by atoms with Crippen LogP contribution in [0.3, 0.4) is 0 Å². The summed E-state index contributed by atoms with van der Waals surface area (Å²) in [7, 11) is 0. The highest BCUT2D eigenvalue weighted by Crippen LogP contribution is 2.31. The number of aromatic nitrogens is 1. The van der Waals surface area contributed by atoms with Crippen LogP contribution in [0.2, 0.25) is 10.0 Å². The molecule has 0 spiro atoms. The van der Waals surface area contributed by atoms with Crippen molar-refractivity contribution in [3.05, 3.63) is 75.2 Å². The molecule has 0 fully saturated rings. The zero-order valence-electron chi connectivity index (χ0n) is 12.0. The molecule has 3 aromatic carbocycles. The van der Waals surface area contributed by atoms with E-state index in [0.29, 0.717) is 10.0 Å². The first-order valence-electron chi connectivity index (χ1n) is 7.13. The molecule has 0 atom stereocenters. The van der Waals surface area contributed by atoms with Gasteiger partial charge in [0.25, 0.3) is 0 Å². The van der Waals surface area contributed by atoms with Gasteiger partial charge in [-0.1, -0.05) is 59.6 Å². The first-order chi connectivity index (χ1) is 11.2. The third-order valence-electron chi connectivity index (χ3n) is 3.69. The van der Waals surface area contributed by atoms with Gasteiger partial charge in [-0.15, -0.1) is 11.3 Å². The van der Waals surface area contributed by atoms with E-state index in [4.69, 9.17) is 28.2 Å². The molecule has 0 N–H and O–H groups in total. The lowest BCUT2D eigenvalue weighted by Crippen LogP contribution is -1.77. The normalized spacial score (nSPS) is 11.7. The van der Waals surface area contributed by atoms with E-state index in [1.54, 1.807) is 11.3 Å². The number of hydrogen-bond acceptors (Lipinski definition) is 2. The monoisotopic (exact) mass is 355 g/mol. The van der Waals surface area contributed by atoms with Crippen LogP contribution in [0.15, 0.2) is 54.6 Å². The number of benzene rings is 3. The standard InChI is InChI=1S/C19H11Cl2NS/c20-15-6-3-7-16(21)14(15)9-11-18-22-19-13-5-2-1-4-12(13)8-10-17(19)23-18/h1-11H/b11-9+. The Morgan fingerprint density at radius 3 is 2.43 bits per heavy atom. The van der Waals surface area contributed by atoms with Crippen molar-refractivity contribution >= 4 is 67.7 Å². The highest BCUT2D eigenvalue weighted by molar-refractivity contribution is 7.19. The van der Waals surface area contributed by atoms with E-state index in [-0.39, 0.29) is 0 Å². The molecule has 0 aliphatic carbocycles. The first-order valence-corrected chi connectivity index (χ1v) is 8.70. The van der Waals surface area contributed by atoms with Crippen molar-refractivity contribution in [1.29, 1.82) is 0 Å². The lowest BCUT2D eigenvalue weighted by Gasteiger charge is -1.99. The Bertz CT molecular complexity index is 1030. The zero-order chi connectivity index (χ0) is 15.8. The molecule has 0 unspecified atom stereocenters. The molecule has 4 heteroatoms. The maximum absolute atomic E-state index is 6.20. The second-order valence-electron chi connectivity index (χ2n) is 5.15. The molecular formula is C19H11Cl2NS. The molecule has 0 amide bonds. The maximum atomic E-state index is 6.20. The fourth-order valence-corrected chi connectivity index (χ4v) is 3.98. The smallest absolute Gasteiger partial charge is 0.117 e. The van der Waals surface area contributed by atoms with E-state index in [0.717, 1.165) is 16.1 Å². The van der Waals surface area contributed by atoms with Crippen LogP contribution in [0.5, 0.6) is 0 Å². The van der Waals surface area contributed by atoms with Gasteiger partial charge in [-0.3, -0.25) is 0 Å². The van der Waals surface area contributed by atoms with Gasteiger partial charge in [-0.2, -0.15) is 0 Å². The average molecular weight is 356 g/mol. The molecule has 0 saturated carbocycles. The summed E-state index contributed by atoms with van der Waals surface area (Å²) in [5.41, 5.74) is 1.86. The molecule has 0 saturated heterocycles. The van der Waals surface area contributed by atoms with Crippen molar-refractivity contribution in [2.45, 2.75) is 0 Å². The summed E-state index contributed by atoms with van der Waals surface area (Å²) >= 11 is 14.1. The van der Waals surface area contributed by atoms with E-state index >= 15 is 0 Å². The fourth-order valence-electron chi connectivity index (χ4n) is 2.57. The van der Waals surface area contributed by atoms with Gasteiger partial charge in [-0.25, -0.2) is 4.98 Å². The third kappa shape index (κ3) is 2.74. The Hall–Kier alpha value is -1.87. The highest BCUT2D eigenvalue weighted by Gasteiger charge is 2.06. The Morgan fingerprint density at radius 1 is 0.826 bits per heavy atom. The van der Waals surface area contributed by atoms with Gasteiger partial charge >= 0.3 is 0 Å². The summed E-state index contributed by atoms with van der Waals surface area (Å²) in [6.45, 7) is 0. The topological polar surface area (TPSA) is 12.9 Å². The van der Waals surface area contributed by atoms with Gasteiger partial charge in [-0.05, 0) is 35.7 Å². The molecule has 0 aliphatic rings. The molecule has 4 rings (SSSR count). The van der Waals surface area contributed by atoms with Crippen LogP contribution < -0.4 is 0 Å². The van der Waals surface area contributed by atoms with Crippen molar-refractivity contribution in [3.8, 4) is 0 Å². The molecule has 112 valence electrons. The van der Waals surface area contributed by atoms with Gasteiger partial charge in [0.1, 0.15) is 5.01 Å². The van der Waals surface area contributed by atoms with E-state index in [9.17, 15) is 0 Å². The predicted octanol–water partition coefficient (Wildman–Crippen LogP) is 6.93. The minimum atomic E-state index is 0.639. The molecule has 0 bridgehead atoms. The maximum Gasteiger partial charge on any atom is 0.117 e. The van der Waals surface area contributed by atoms with Crippen molar-refractivity contribution < 1.29 is 0 Å². The van der Waals surface area contributed by atoms with Gasteiger partial charge in [0.2, 0.25) is 0 Å². The second kappa shape index (κ2) is 5.97. The quantitative estimate of drug-likeness (QED) is 0.380. The molecule has 1 nitrogen and oxygen atoms in total. The van der Waals surface area contributed by atoms with Crippen LogP contribution in [0.25, 0.3) is 33.1 Å². The first kappa shape index (κ1) is 14.7. The minimum absolute atomic E-state index is 0.639. The number of fused-ring (bicyclic) bond motifs is 3. The van der Waals surface area contributed by atoms with Crippen molar-refractivity contribution in [1.82, 2.24) is 4.98 Å². The molecule has 1 heterocycles. The summed E-state index contributed by atoms with van der Waals surface area (Å²) in [6, 6.07) is 18.1. The Labute approximate surface area is 147 Å². The number of halogens is 2. The van der Waals surface area contributed by atoms with Crippen LogP contribution in [-0.4, -0.2) is 4.98 Å². The Kier molecular flexibility index (Phi) is 3.82. The van der Waals surface area contributed by atoms with Crippen LogP contribution in [-0.2, 0) is 0 Å². The zero-order valence-corrected chi connectivity index (χ0v) is 14.3. The highest BCUT2D eigenvalue weighted by atomic mass is 35.5. The minimum Gasteiger partial charge on any atom is -0.236 e. The lowest BCUT2D eigenvalue weighted by molar-refractivity contribution is 1.48. The molecule has 1 aromatic heterocycles. The van der Waals surface area contributed by atoms with Crippen LogP contribution in [0.4, 0.5) is 0 Å². The number of thiazole rings is 1. The number of nitrogens with zero attached hydrogens (tertiary/aromatic N) is 1.